The molecule has 4 heteroatoms. The number of hydrogen-bond donors (Lipinski definition) is 0. The predicted molar refractivity (Wildman–Crippen MR) is 111 cm³/mol. The minimum atomic E-state index is -0.513. The third-order valence-electron chi connectivity index (χ3n) is 4.63. The molecule has 0 aromatic heterocycles. The molecule has 0 N–H and O–H groups in total. The van der Waals surface area contributed by atoms with Crippen molar-refractivity contribution in [2.75, 3.05) is 0 Å². The normalized spacial score (nSPS) is 10.5. The monoisotopic (exact) mass is 382 g/mol. The minimum Gasteiger partial charge on any atom is -0.419 e. The molecule has 4 nitrogen and oxygen atoms in total. The van der Waals surface area contributed by atoms with E-state index in [1.54, 1.807) is 42.5 Å². The fraction of sp³-hybridized carbons (Fsp3) is 0.0400. The van der Waals surface area contributed by atoms with Crippen molar-refractivity contribution in [3.05, 3.63) is 108 Å². The highest BCUT2D eigenvalue weighted by atomic mass is 16.6. The van der Waals surface area contributed by atoms with Crippen molar-refractivity contribution in [1.29, 1.82) is 0 Å². The molecule has 0 bridgehead atoms. The number of esters is 2. The highest BCUT2D eigenvalue weighted by molar-refractivity contribution is 6.05. The maximum Gasteiger partial charge on any atom is 0.344 e. The summed E-state index contributed by atoms with van der Waals surface area (Å²) in [4.78, 5) is 25.4. The van der Waals surface area contributed by atoms with E-state index in [1.165, 1.54) is 0 Å². The summed E-state index contributed by atoms with van der Waals surface area (Å²) in [5.74, 6) is -0.639. The van der Waals surface area contributed by atoms with Gasteiger partial charge in [-0.3, -0.25) is 0 Å². The molecule has 0 aliphatic rings. The summed E-state index contributed by atoms with van der Waals surface area (Å²) in [6.07, 6.45) is 0. The van der Waals surface area contributed by atoms with Crippen LogP contribution >= 0.6 is 0 Å². The second-order valence-corrected chi connectivity index (χ2v) is 6.57. The maximum atomic E-state index is 12.8. The molecule has 4 aromatic carbocycles. The van der Waals surface area contributed by atoms with Crippen molar-refractivity contribution in [3.63, 3.8) is 0 Å². The van der Waals surface area contributed by atoms with E-state index in [0.29, 0.717) is 11.1 Å². The molecule has 0 aliphatic carbocycles. The first-order valence-electron chi connectivity index (χ1n) is 9.20. The largest absolute Gasteiger partial charge is 0.419 e. The quantitative estimate of drug-likeness (QED) is 0.341. The molecular weight excluding hydrogens is 364 g/mol. The molecule has 0 atom stereocenters. The predicted octanol–water partition coefficient (Wildman–Crippen LogP) is 5.59. The topological polar surface area (TPSA) is 52.6 Å². The van der Waals surface area contributed by atoms with Gasteiger partial charge in [0.15, 0.2) is 11.5 Å². The van der Waals surface area contributed by atoms with Gasteiger partial charge in [0.1, 0.15) is 0 Å². The lowest BCUT2D eigenvalue weighted by Gasteiger charge is -2.12. The molecule has 0 spiro atoms. The number of aryl methyl sites for hydroxylation is 1. The molecule has 0 saturated heterocycles. The first-order chi connectivity index (χ1) is 14.1. The third kappa shape index (κ3) is 3.87. The Bertz CT molecular complexity index is 1200. The summed E-state index contributed by atoms with van der Waals surface area (Å²) in [5.41, 5.74) is 1.72. The number of fused-ring (bicyclic) bond motifs is 1. The first-order valence-corrected chi connectivity index (χ1v) is 9.20. The fourth-order valence-electron chi connectivity index (χ4n) is 3.13. The van der Waals surface area contributed by atoms with Crippen LogP contribution in [-0.4, -0.2) is 11.9 Å². The van der Waals surface area contributed by atoms with E-state index in [4.69, 9.17) is 9.47 Å². The molecule has 0 fully saturated rings. The summed E-state index contributed by atoms with van der Waals surface area (Å²) < 4.78 is 11.1. The summed E-state index contributed by atoms with van der Waals surface area (Å²) in [6, 6.07) is 26.8. The van der Waals surface area contributed by atoms with Crippen LogP contribution in [0.2, 0.25) is 0 Å². The van der Waals surface area contributed by atoms with Crippen molar-refractivity contribution in [2.45, 2.75) is 6.92 Å². The van der Waals surface area contributed by atoms with Gasteiger partial charge >= 0.3 is 11.9 Å². The van der Waals surface area contributed by atoms with E-state index < -0.39 is 11.9 Å². The van der Waals surface area contributed by atoms with E-state index in [2.05, 4.69) is 0 Å². The SMILES string of the molecule is Cc1ccccc1C(=O)Oc1ccccc1OC(=O)c1cccc2ccccc12. The van der Waals surface area contributed by atoms with Gasteiger partial charge in [0.25, 0.3) is 0 Å². The Morgan fingerprint density at radius 3 is 1.83 bits per heavy atom. The van der Waals surface area contributed by atoms with Crippen LogP contribution < -0.4 is 9.47 Å². The van der Waals surface area contributed by atoms with Crippen LogP contribution in [0.25, 0.3) is 10.8 Å². The van der Waals surface area contributed by atoms with Crippen molar-refractivity contribution in [2.24, 2.45) is 0 Å². The van der Waals surface area contributed by atoms with Gasteiger partial charge in [0.2, 0.25) is 0 Å². The number of benzene rings is 4. The summed E-state index contributed by atoms with van der Waals surface area (Å²) in [6.45, 7) is 1.84. The summed E-state index contributed by atoms with van der Waals surface area (Å²) in [7, 11) is 0. The van der Waals surface area contributed by atoms with Crippen molar-refractivity contribution in [3.8, 4) is 11.5 Å². The molecule has 0 radical (unpaired) electrons. The van der Waals surface area contributed by atoms with Crippen LogP contribution in [0, 0.1) is 6.92 Å². The second-order valence-electron chi connectivity index (χ2n) is 6.57. The van der Waals surface area contributed by atoms with Gasteiger partial charge in [-0.05, 0) is 47.5 Å². The number of hydrogen-bond acceptors (Lipinski definition) is 4. The van der Waals surface area contributed by atoms with Gasteiger partial charge in [0.05, 0.1) is 11.1 Å². The fourth-order valence-corrected chi connectivity index (χ4v) is 3.13. The molecule has 142 valence electrons. The Morgan fingerprint density at radius 2 is 1.10 bits per heavy atom. The zero-order valence-electron chi connectivity index (χ0n) is 15.8. The van der Waals surface area contributed by atoms with E-state index in [-0.39, 0.29) is 11.5 Å². The zero-order chi connectivity index (χ0) is 20.2. The minimum absolute atomic E-state index is 0.187. The third-order valence-corrected chi connectivity index (χ3v) is 4.63. The van der Waals surface area contributed by atoms with Crippen LogP contribution in [-0.2, 0) is 0 Å². The van der Waals surface area contributed by atoms with Gasteiger partial charge in [-0.1, -0.05) is 66.7 Å². The lowest BCUT2D eigenvalue weighted by Crippen LogP contribution is -2.13. The lowest BCUT2D eigenvalue weighted by atomic mass is 10.0. The first kappa shape index (κ1) is 18.4. The highest BCUT2D eigenvalue weighted by Crippen LogP contribution is 2.29. The molecule has 0 aliphatic heterocycles. The molecule has 4 aromatic rings. The number of para-hydroxylation sites is 2. The molecular formula is C25H18O4. The molecule has 29 heavy (non-hydrogen) atoms. The highest BCUT2D eigenvalue weighted by Gasteiger charge is 2.18. The molecule has 4 rings (SSSR count). The average molecular weight is 382 g/mol. The summed E-state index contributed by atoms with van der Waals surface area (Å²) in [5, 5.41) is 1.75. The second kappa shape index (κ2) is 7.98. The number of carbonyl (C=O) groups excluding carboxylic acids is 2. The Morgan fingerprint density at radius 1 is 0.586 bits per heavy atom. The maximum absolute atomic E-state index is 12.8. The van der Waals surface area contributed by atoms with Gasteiger partial charge in [-0.15, -0.1) is 0 Å². The van der Waals surface area contributed by atoms with Crippen LogP contribution in [0.4, 0.5) is 0 Å². The Labute approximate surface area is 168 Å². The Hall–Kier alpha value is -3.92. The van der Waals surface area contributed by atoms with Crippen molar-refractivity contribution >= 4 is 22.7 Å². The van der Waals surface area contributed by atoms with Gasteiger partial charge in [-0.25, -0.2) is 9.59 Å². The van der Waals surface area contributed by atoms with Crippen LogP contribution in [0.3, 0.4) is 0 Å². The van der Waals surface area contributed by atoms with Crippen LogP contribution in [0.1, 0.15) is 26.3 Å². The van der Waals surface area contributed by atoms with Gasteiger partial charge in [-0.2, -0.15) is 0 Å². The number of rotatable bonds is 4. The zero-order valence-corrected chi connectivity index (χ0v) is 15.8. The van der Waals surface area contributed by atoms with Crippen molar-refractivity contribution < 1.29 is 19.1 Å². The Balaban J connectivity index is 1.61. The van der Waals surface area contributed by atoms with Crippen LogP contribution in [0.15, 0.2) is 91.0 Å². The average Bonchev–Trinajstić information content (AvgIpc) is 2.75. The smallest absolute Gasteiger partial charge is 0.344 e. The van der Waals surface area contributed by atoms with E-state index in [1.807, 2.05) is 55.5 Å². The van der Waals surface area contributed by atoms with Crippen LogP contribution in [0.5, 0.6) is 11.5 Å². The molecule has 0 amide bonds. The van der Waals surface area contributed by atoms with Crippen molar-refractivity contribution in [1.82, 2.24) is 0 Å². The van der Waals surface area contributed by atoms with E-state index in [9.17, 15) is 9.59 Å². The molecule has 0 saturated carbocycles. The summed E-state index contributed by atoms with van der Waals surface area (Å²) >= 11 is 0. The van der Waals surface area contributed by atoms with E-state index >= 15 is 0 Å². The number of ether oxygens (including phenoxy) is 2. The molecule has 0 heterocycles. The Kier molecular flexibility index (Phi) is 5.08. The lowest BCUT2D eigenvalue weighted by molar-refractivity contribution is 0.0683. The standard InChI is InChI=1S/C25H18O4/c1-17-9-2-4-12-19(17)24(26)28-22-15-6-7-16-23(22)29-25(27)21-14-8-11-18-10-3-5-13-20(18)21/h2-16H,1H3. The number of carbonyl (C=O) groups is 2. The van der Waals surface area contributed by atoms with Gasteiger partial charge in [0, 0.05) is 0 Å². The molecule has 0 unspecified atom stereocenters. The van der Waals surface area contributed by atoms with E-state index in [0.717, 1.165) is 16.3 Å². The van der Waals surface area contributed by atoms with Gasteiger partial charge < -0.3 is 9.47 Å².